The summed E-state index contributed by atoms with van der Waals surface area (Å²) in [6, 6.07) is 17.1. The molecule has 0 unspecified atom stereocenters. The van der Waals surface area contributed by atoms with E-state index in [9.17, 15) is 9.59 Å². The fourth-order valence-electron chi connectivity index (χ4n) is 4.03. The third kappa shape index (κ3) is 4.55. The number of amides is 1. The number of carbonyl (C=O) groups excluding carboxylic acids is 2. The topological polar surface area (TPSA) is 64.4 Å². The Hall–Kier alpha value is -3.12. The molecule has 6 nitrogen and oxygen atoms in total. The van der Waals surface area contributed by atoms with E-state index in [-0.39, 0.29) is 17.8 Å². The molecule has 0 N–H and O–H groups in total. The van der Waals surface area contributed by atoms with E-state index in [0.29, 0.717) is 48.9 Å². The van der Waals surface area contributed by atoms with Crippen molar-refractivity contribution in [3.63, 3.8) is 0 Å². The van der Waals surface area contributed by atoms with E-state index in [0.717, 1.165) is 16.8 Å². The molecular formula is C25H26ClN3O3. The smallest absolute Gasteiger partial charge is 0.309 e. The number of halogens is 1. The lowest BCUT2D eigenvalue weighted by atomic mass is 9.97. The first-order chi connectivity index (χ1) is 15.5. The van der Waals surface area contributed by atoms with Crippen LogP contribution in [0.3, 0.4) is 0 Å². The highest BCUT2D eigenvalue weighted by atomic mass is 35.5. The zero-order valence-corrected chi connectivity index (χ0v) is 19.0. The van der Waals surface area contributed by atoms with Crippen molar-refractivity contribution in [3.8, 4) is 16.9 Å². The van der Waals surface area contributed by atoms with Gasteiger partial charge >= 0.3 is 5.97 Å². The van der Waals surface area contributed by atoms with E-state index in [1.807, 2.05) is 55.5 Å². The fraction of sp³-hybridized carbons (Fsp3) is 0.320. The number of piperidine rings is 1. The Kier molecular flexibility index (Phi) is 6.61. The molecule has 32 heavy (non-hydrogen) atoms. The van der Waals surface area contributed by atoms with Gasteiger partial charge in [0.1, 0.15) is 5.69 Å². The Morgan fingerprint density at radius 1 is 1.09 bits per heavy atom. The van der Waals surface area contributed by atoms with Crippen molar-refractivity contribution in [2.24, 2.45) is 5.92 Å². The predicted molar refractivity (Wildman–Crippen MR) is 124 cm³/mol. The summed E-state index contributed by atoms with van der Waals surface area (Å²) in [4.78, 5) is 27.4. The van der Waals surface area contributed by atoms with Gasteiger partial charge in [0.05, 0.1) is 28.9 Å². The van der Waals surface area contributed by atoms with Crippen LogP contribution in [-0.2, 0) is 9.53 Å². The first-order valence-corrected chi connectivity index (χ1v) is 11.2. The number of rotatable bonds is 5. The lowest BCUT2D eigenvalue weighted by molar-refractivity contribution is -0.149. The van der Waals surface area contributed by atoms with Crippen LogP contribution in [0.1, 0.15) is 35.8 Å². The molecule has 4 rings (SSSR count). The molecule has 1 aromatic heterocycles. The van der Waals surface area contributed by atoms with Crippen LogP contribution in [-0.4, -0.2) is 46.3 Å². The maximum absolute atomic E-state index is 13.5. The molecule has 2 heterocycles. The number of hydrogen-bond donors (Lipinski definition) is 0. The van der Waals surface area contributed by atoms with E-state index in [1.54, 1.807) is 22.6 Å². The minimum absolute atomic E-state index is 0.111. The maximum Gasteiger partial charge on any atom is 0.309 e. The quantitative estimate of drug-likeness (QED) is 0.516. The van der Waals surface area contributed by atoms with Crippen molar-refractivity contribution in [2.45, 2.75) is 26.7 Å². The summed E-state index contributed by atoms with van der Waals surface area (Å²) in [6.45, 7) is 5.19. The fourth-order valence-corrected chi connectivity index (χ4v) is 4.26. The highest BCUT2D eigenvalue weighted by molar-refractivity contribution is 6.33. The summed E-state index contributed by atoms with van der Waals surface area (Å²) in [7, 11) is 0. The molecule has 1 aliphatic heterocycles. The van der Waals surface area contributed by atoms with E-state index in [2.05, 4.69) is 0 Å². The molecule has 2 aromatic carbocycles. The molecule has 0 spiro atoms. The minimum Gasteiger partial charge on any atom is -0.466 e. The van der Waals surface area contributed by atoms with Gasteiger partial charge in [-0.1, -0.05) is 41.9 Å². The van der Waals surface area contributed by atoms with Crippen molar-refractivity contribution in [1.82, 2.24) is 14.7 Å². The number of likely N-dealkylation sites (tertiary alicyclic amines) is 1. The molecule has 166 valence electrons. The summed E-state index contributed by atoms with van der Waals surface area (Å²) in [5.74, 6) is -0.440. The maximum atomic E-state index is 13.5. The number of nitrogens with zero attached hydrogens (tertiary/aromatic N) is 3. The zero-order valence-electron chi connectivity index (χ0n) is 18.3. The van der Waals surface area contributed by atoms with E-state index in [4.69, 9.17) is 21.4 Å². The summed E-state index contributed by atoms with van der Waals surface area (Å²) in [5, 5.41) is 5.33. The summed E-state index contributed by atoms with van der Waals surface area (Å²) >= 11 is 6.40. The first kappa shape index (κ1) is 22.1. The Labute approximate surface area is 192 Å². The van der Waals surface area contributed by atoms with Crippen molar-refractivity contribution in [1.29, 1.82) is 0 Å². The first-order valence-electron chi connectivity index (χ1n) is 10.9. The summed E-state index contributed by atoms with van der Waals surface area (Å²) < 4.78 is 6.83. The Morgan fingerprint density at radius 2 is 1.84 bits per heavy atom. The van der Waals surface area contributed by atoms with Crippen LogP contribution in [0.25, 0.3) is 16.9 Å². The van der Waals surface area contributed by atoms with Gasteiger partial charge < -0.3 is 9.64 Å². The van der Waals surface area contributed by atoms with E-state index < -0.39 is 0 Å². The number of benzene rings is 2. The van der Waals surface area contributed by atoms with E-state index >= 15 is 0 Å². The summed E-state index contributed by atoms with van der Waals surface area (Å²) in [6.07, 6.45) is 1.20. The molecule has 0 radical (unpaired) electrons. The third-order valence-corrected chi connectivity index (χ3v) is 6.06. The highest BCUT2D eigenvalue weighted by Crippen LogP contribution is 2.29. The highest BCUT2D eigenvalue weighted by Gasteiger charge is 2.30. The number of esters is 1. The number of ether oxygens (including phenoxy) is 1. The molecule has 1 saturated heterocycles. The largest absolute Gasteiger partial charge is 0.466 e. The van der Waals surface area contributed by atoms with Crippen molar-refractivity contribution in [3.05, 3.63) is 70.9 Å². The molecule has 0 bridgehead atoms. The van der Waals surface area contributed by atoms with Gasteiger partial charge in [-0.3, -0.25) is 9.59 Å². The normalized spacial score (nSPS) is 14.4. The molecule has 1 fully saturated rings. The van der Waals surface area contributed by atoms with E-state index in [1.165, 1.54) is 0 Å². The Bertz CT molecular complexity index is 1130. The SMILES string of the molecule is CCOC(=O)C1CCN(C(=O)c2cc(-c3ccccc3Cl)nn2-c2cccc(C)c2)CC1. The zero-order chi connectivity index (χ0) is 22.7. The van der Waals surface area contributed by atoms with Crippen LogP contribution in [0.15, 0.2) is 54.6 Å². The van der Waals surface area contributed by atoms with Crippen molar-refractivity contribution < 1.29 is 14.3 Å². The number of aryl methyl sites for hydroxylation is 1. The average Bonchev–Trinajstić information content (AvgIpc) is 3.24. The van der Waals surface area contributed by atoms with Crippen molar-refractivity contribution in [2.75, 3.05) is 19.7 Å². The second kappa shape index (κ2) is 9.57. The standard InChI is InChI=1S/C25H26ClN3O3/c1-3-32-25(31)18-11-13-28(14-12-18)24(30)23-16-22(20-9-4-5-10-21(20)26)27-29(23)19-8-6-7-17(2)15-19/h4-10,15-16,18H,3,11-14H2,1-2H3. The molecule has 0 saturated carbocycles. The molecule has 0 atom stereocenters. The molecular weight excluding hydrogens is 426 g/mol. The minimum atomic E-state index is -0.176. The predicted octanol–water partition coefficient (Wildman–Crippen LogP) is 4.92. The Balaban J connectivity index is 1.66. The Morgan fingerprint density at radius 3 is 2.53 bits per heavy atom. The third-order valence-electron chi connectivity index (χ3n) is 5.73. The van der Waals surface area contributed by atoms with Gasteiger partial charge in [-0.25, -0.2) is 4.68 Å². The second-order valence-corrected chi connectivity index (χ2v) is 8.37. The van der Waals surface area contributed by atoms with Crippen LogP contribution in [0.5, 0.6) is 0 Å². The van der Waals surface area contributed by atoms with Gasteiger partial charge in [-0.2, -0.15) is 5.10 Å². The second-order valence-electron chi connectivity index (χ2n) is 7.96. The summed E-state index contributed by atoms with van der Waals surface area (Å²) in [5.41, 5.74) is 3.77. The van der Waals surface area contributed by atoms with Crippen LogP contribution < -0.4 is 0 Å². The number of aromatic nitrogens is 2. The van der Waals surface area contributed by atoms with Gasteiger partial charge in [0.2, 0.25) is 0 Å². The number of hydrogen-bond acceptors (Lipinski definition) is 4. The van der Waals surface area contributed by atoms with Gasteiger partial charge in [0.25, 0.3) is 5.91 Å². The molecule has 1 amide bonds. The van der Waals surface area contributed by atoms with Gasteiger partial charge in [0, 0.05) is 18.7 Å². The van der Waals surface area contributed by atoms with Crippen LogP contribution in [0.4, 0.5) is 0 Å². The van der Waals surface area contributed by atoms with Crippen LogP contribution in [0, 0.1) is 12.8 Å². The van der Waals surface area contributed by atoms with Gasteiger partial charge in [0.15, 0.2) is 0 Å². The molecule has 0 aliphatic carbocycles. The van der Waals surface area contributed by atoms with Crippen LogP contribution >= 0.6 is 11.6 Å². The average molecular weight is 452 g/mol. The monoisotopic (exact) mass is 451 g/mol. The van der Waals surface area contributed by atoms with Gasteiger partial charge in [-0.15, -0.1) is 0 Å². The van der Waals surface area contributed by atoms with Gasteiger partial charge in [-0.05, 0) is 56.5 Å². The van der Waals surface area contributed by atoms with Crippen molar-refractivity contribution >= 4 is 23.5 Å². The number of carbonyl (C=O) groups is 2. The molecule has 1 aliphatic rings. The van der Waals surface area contributed by atoms with Crippen LogP contribution in [0.2, 0.25) is 5.02 Å². The molecule has 7 heteroatoms. The lowest BCUT2D eigenvalue weighted by Crippen LogP contribution is -2.41. The lowest BCUT2D eigenvalue weighted by Gasteiger charge is -2.30. The molecule has 3 aromatic rings.